The Labute approximate surface area is 91.2 Å². The smallest absolute Gasteiger partial charge is 0.481 e. The van der Waals surface area contributed by atoms with E-state index in [0.717, 1.165) is 5.56 Å². The molecule has 2 nitrogen and oxygen atoms in total. The van der Waals surface area contributed by atoms with Crippen LogP contribution in [0.2, 0.25) is 0 Å². The van der Waals surface area contributed by atoms with Crippen molar-refractivity contribution in [3.8, 4) is 0 Å². The summed E-state index contributed by atoms with van der Waals surface area (Å²) in [5.74, 6) is -0.786. The number of hydrogen-bond donors (Lipinski definition) is 1. The molecule has 0 unspecified atom stereocenters. The van der Waals surface area contributed by atoms with Crippen molar-refractivity contribution in [2.75, 3.05) is 0 Å². The zero-order valence-electron chi connectivity index (χ0n) is 8.16. The molecule has 0 saturated carbocycles. The minimum Gasteiger partial charge on any atom is -0.481 e. The molecule has 66 valence electrons. The molecule has 1 rings (SSSR count). The Morgan fingerprint density at radius 2 is 1.77 bits per heavy atom. The predicted octanol–water partition coefficient (Wildman–Crippen LogP) is -0.842. The second kappa shape index (κ2) is 9.38. The van der Waals surface area contributed by atoms with E-state index in [1.54, 1.807) is 19.1 Å². The van der Waals surface area contributed by atoms with E-state index in [0.29, 0.717) is 0 Å². The summed E-state index contributed by atoms with van der Waals surface area (Å²) in [6.45, 7) is 5.00. The minimum absolute atomic E-state index is 0. The SMILES string of the molecule is O=C(O)Cc1ccccc1.[CH2-]C.[Li+]. The first-order chi connectivity index (χ1) is 5.79. The fraction of sp³-hybridized carbons (Fsp3) is 0.200. The van der Waals surface area contributed by atoms with Crippen molar-refractivity contribution in [2.24, 2.45) is 0 Å². The Balaban J connectivity index is 0. The largest absolute Gasteiger partial charge is 1.00 e. The first-order valence-corrected chi connectivity index (χ1v) is 3.75. The summed E-state index contributed by atoms with van der Waals surface area (Å²) in [6, 6.07) is 9.13. The van der Waals surface area contributed by atoms with Crippen LogP contribution in [-0.4, -0.2) is 11.1 Å². The number of aliphatic carboxylic acids is 1. The standard InChI is InChI=1S/C8H8O2.C2H5.Li/c9-8(10)6-7-4-2-1-3-5-7;1-2;/h1-5H,6H2,(H,9,10);1H2,2H3;/q;-1;+1. The van der Waals surface area contributed by atoms with Gasteiger partial charge in [-0.2, -0.15) is 6.92 Å². The molecule has 0 amide bonds. The molecule has 1 aromatic carbocycles. The second-order valence-electron chi connectivity index (χ2n) is 2.06. The van der Waals surface area contributed by atoms with Crippen LogP contribution in [0.1, 0.15) is 12.5 Å². The minimum atomic E-state index is -0.786. The summed E-state index contributed by atoms with van der Waals surface area (Å²) in [5.41, 5.74) is 0.843. The molecule has 0 saturated heterocycles. The van der Waals surface area contributed by atoms with E-state index in [4.69, 9.17) is 5.11 Å². The van der Waals surface area contributed by atoms with Gasteiger partial charge < -0.3 is 12.0 Å². The molecule has 0 fully saturated rings. The molecule has 0 aliphatic heterocycles. The van der Waals surface area contributed by atoms with Gasteiger partial charge in [0.1, 0.15) is 0 Å². The van der Waals surface area contributed by atoms with Gasteiger partial charge in [0.05, 0.1) is 6.42 Å². The van der Waals surface area contributed by atoms with E-state index in [2.05, 4.69) is 6.92 Å². The molecule has 0 aromatic heterocycles. The molecule has 0 spiro atoms. The predicted molar refractivity (Wildman–Crippen MR) is 48.8 cm³/mol. The molecule has 0 bridgehead atoms. The van der Waals surface area contributed by atoms with Gasteiger partial charge in [-0.15, -0.1) is 0 Å². The second-order valence-corrected chi connectivity index (χ2v) is 2.06. The van der Waals surface area contributed by atoms with Crippen molar-refractivity contribution < 1.29 is 28.8 Å². The maximum atomic E-state index is 10.2. The molecule has 13 heavy (non-hydrogen) atoms. The van der Waals surface area contributed by atoms with E-state index in [1.165, 1.54) is 0 Å². The van der Waals surface area contributed by atoms with E-state index < -0.39 is 5.97 Å². The van der Waals surface area contributed by atoms with Gasteiger partial charge >= 0.3 is 24.8 Å². The fourth-order valence-electron chi connectivity index (χ4n) is 0.770. The fourth-order valence-corrected chi connectivity index (χ4v) is 0.770. The van der Waals surface area contributed by atoms with Crippen molar-refractivity contribution in [3.05, 3.63) is 42.8 Å². The Bertz CT molecular complexity index is 222. The summed E-state index contributed by atoms with van der Waals surface area (Å²) >= 11 is 0. The van der Waals surface area contributed by atoms with Crippen LogP contribution in [-0.2, 0) is 11.2 Å². The number of benzene rings is 1. The summed E-state index contributed by atoms with van der Waals surface area (Å²) in [5, 5.41) is 8.37. The maximum Gasteiger partial charge on any atom is 1.00 e. The topological polar surface area (TPSA) is 37.3 Å². The van der Waals surface area contributed by atoms with Crippen LogP contribution in [0.25, 0.3) is 0 Å². The van der Waals surface area contributed by atoms with Gasteiger partial charge in [0.15, 0.2) is 0 Å². The molecule has 0 atom stereocenters. The molecular weight excluding hydrogens is 159 g/mol. The van der Waals surface area contributed by atoms with Crippen molar-refractivity contribution in [3.63, 3.8) is 0 Å². The van der Waals surface area contributed by atoms with Crippen LogP contribution in [0.15, 0.2) is 30.3 Å². The average Bonchev–Trinajstić information content (AvgIpc) is 2.08. The van der Waals surface area contributed by atoms with Crippen molar-refractivity contribution in [2.45, 2.75) is 13.3 Å². The molecule has 1 aromatic rings. The summed E-state index contributed by atoms with van der Waals surface area (Å²) in [4.78, 5) is 10.2. The van der Waals surface area contributed by atoms with E-state index in [-0.39, 0.29) is 25.3 Å². The molecule has 0 aliphatic carbocycles. The molecule has 3 heteroatoms. The van der Waals surface area contributed by atoms with Gasteiger partial charge in [-0.25, -0.2) is 0 Å². The number of carbonyl (C=O) groups is 1. The van der Waals surface area contributed by atoms with Crippen molar-refractivity contribution in [1.82, 2.24) is 0 Å². The molecular formula is C10H13LiO2. The number of carboxylic acids is 1. The first kappa shape index (κ1) is 14.8. The molecule has 0 heterocycles. The van der Waals surface area contributed by atoms with Crippen molar-refractivity contribution >= 4 is 5.97 Å². The third kappa shape index (κ3) is 7.64. The monoisotopic (exact) mass is 172 g/mol. The third-order valence-electron chi connectivity index (χ3n) is 1.20. The Kier molecular flexibility index (Phi) is 10.7. The van der Waals surface area contributed by atoms with Crippen LogP contribution < -0.4 is 18.9 Å². The third-order valence-corrected chi connectivity index (χ3v) is 1.20. The number of carboxylic acid groups (broad SMARTS) is 1. The quantitative estimate of drug-likeness (QED) is 0.466. The zero-order chi connectivity index (χ0) is 9.40. The average molecular weight is 172 g/mol. The van der Waals surface area contributed by atoms with E-state index >= 15 is 0 Å². The summed E-state index contributed by atoms with van der Waals surface area (Å²) in [7, 11) is 0. The summed E-state index contributed by atoms with van der Waals surface area (Å²) < 4.78 is 0. The maximum absolute atomic E-state index is 10.2. The van der Waals surface area contributed by atoms with Crippen LogP contribution in [0, 0.1) is 6.92 Å². The van der Waals surface area contributed by atoms with Crippen molar-refractivity contribution in [1.29, 1.82) is 0 Å². The van der Waals surface area contributed by atoms with Gasteiger partial charge in [0.25, 0.3) is 0 Å². The van der Waals surface area contributed by atoms with Gasteiger partial charge in [0, 0.05) is 0 Å². The Morgan fingerprint density at radius 1 is 1.31 bits per heavy atom. The summed E-state index contributed by atoms with van der Waals surface area (Å²) in [6.07, 6.45) is 0.112. The normalized spacial score (nSPS) is 7.54. The molecule has 0 radical (unpaired) electrons. The van der Waals surface area contributed by atoms with Gasteiger partial charge in [-0.05, 0) is 5.56 Å². The first-order valence-electron chi connectivity index (χ1n) is 3.75. The van der Waals surface area contributed by atoms with Gasteiger partial charge in [-0.1, -0.05) is 30.3 Å². The van der Waals surface area contributed by atoms with Crippen LogP contribution in [0.3, 0.4) is 0 Å². The number of rotatable bonds is 2. The number of hydrogen-bond acceptors (Lipinski definition) is 1. The van der Waals surface area contributed by atoms with Gasteiger partial charge in [0.2, 0.25) is 0 Å². The molecule has 1 N–H and O–H groups in total. The van der Waals surface area contributed by atoms with Crippen LogP contribution in [0.5, 0.6) is 0 Å². The Morgan fingerprint density at radius 3 is 2.15 bits per heavy atom. The Hall–Kier alpha value is -0.713. The van der Waals surface area contributed by atoms with Crippen LogP contribution >= 0.6 is 0 Å². The molecule has 0 aliphatic rings. The zero-order valence-corrected chi connectivity index (χ0v) is 8.16. The van der Waals surface area contributed by atoms with Gasteiger partial charge in [-0.3, -0.25) is 4.79 Å². The van der Waals surface area contributed by atoms with E-state index in [9.17, 15) is 4.79 Å². The van der Waals surface area contributed by atoms with E-state index in [1.807, 2.05) is 18.2 Å². The van der Waals surface area contributed by atoms with Crippen LogP contribution in [0.4, 0.5) is 0 Å².